The maximum atomic E-state index is 13.0. The molecule has 7 nitrogen and oxygen atoms in total. The molecule has 2 fully saturated rings. The number of nitrogens with one attached hydrogen (secondary N) is 1. The van der Waals surface area contributed by atoms with Crippen molar-refractivity contribution in [2.45, 2.75) is 23.4 Å². The zero-order valence-electron chi connectivity index (χ0n) is 15.5. The zero-order valence-corrected chi connectivity index (χ0v) is 16.3. The van der Waals surface area contributed by atoms with Crippen molar-refractivity contribution in [1.82, 2.24) is 19.2 Å². The average Bonchev–Trinajstić information content (AvgIpc) is 3.41. The van der Waals surface area contributed by atoms with E-state index < -0.39 is 10.0 Å². The van der Waals surface area contributed by atoms with E-state index in [0.29, 0.717) is 19.0 Å². The molecule has 1 unspecified atom stereocenters. The van der Waals surface area contributed by atoms with Gasteiger partial charge in [0.2, 0.25) is 0 Å². The van der Waals surface area contributed by atoms with Gasteiger partial charge in [0.05, 0.1) is 12.9 Å². The van der Waals surface area contributed by atoms with Crippen LogP contribution in [0.3, 0.4) is 0 Å². The molecule has 0 aliphatic carbocycles. The Kier molecular flexibility index (Phi) is 5.32. The first kappa shape index (κ1) is 18.6. The van der Waals surface area contributed by atoms with Crippen LogP contribution in [0.2, 0.25) is 0 Å². The molecule has 2 aliphatic heterocycles. The van der Waals surface area contributed by atoms with Crippen molar-refractivity contribution in [1.29, 1.82) is 0 Å². The van der Waals surface area contributed by atoms with Gasteiger partial charge in [-0.25, -0.2) is 13.4 Å². The van der Waals surface area contributed by atoms with E-state index in [1.807, 2.05) is 18.2 Å². The van der Waals surface area contributed by atoms with E-state index in [1.165, 1.54) is 6.33 Å². The highest BCUT2D eigenvalue weighted by molar-refractivity contribution is 7.89. The van der Waals surface area contributed by atoms with E-state index in [1.54, 1.807) is 22.1 Å². The Labute approximate surface area is 160 Å². The van der Waals surface area contributed by atoms with E-state index in [-0.39, 0.29) is 17.0 Å². The lowest BCUT2D eigenvalue weighted by molar-refractivity contribution is 0.184. The van der Waals surface area contributed by atoms with Crippen molar-refractivity contribution < 1.29 is 13.2 Å². The SMILES string of the molecule is Cn1cnc(S(=O)(=O)N2C[C@H](NCC3CCOC3)[C@@H](c3ccccc3)C2)c1. The summed E-state index contributed by atoms with van der Waals surface area (Å²) in [6.45, 7) is 3.37. The van der Waals surface area contributed by atoms with Crippen LogP contribution >= 0.6 is 0 Å². The fourth-order valence-electron chi connectivity index (χ4n) is 3.93. The van der Waals surface area contributed by atoms with E-state index in [2.05, 4.69) is 22.4 Å². The van der Waals surface area contributed by atoms with Gasteiger partial charge >= 0.3 is 0 Å². The number of benzene rings is 1. The molecule has 2 aromatic rings. The third-order valence-electron chi connectivity index (χ3n) is 5.49. The summed E-state index contributed by atoms with van der Waals surface area (Å²) in [5.41, 5.74) is 1.16. The molecule has 0 radical (unpaired) electrons. The van der Waals surface area contributed by atoms with Crippen LogP contribution in [-0.4, -0.2) is 61.2 Å². The largest absolute Gasteiger partial charge is 0.381 e. The van der Waals surface area contributed by atoms with E-state index in [9.17, 15) is 8.42 Å². The number of hydrogen-bond acceptors (Lipinski definition) is 5. The fourth-order valence-corrected chi connectivity index (χ4v) is 5.38. The molecule has 2 aliphatic rings. The fraction of sp³-hybridized carbons (Fsp3) is 0.526. The zero-order chi connectivity index (χ0) is 18.9. The van der Waals surface area contributed by atoms with Gasteiger partial charge in [0, 0.05) is 51.4 Å². The molecule has 1 aromatic heterocycles. The van der Waals surface area contributed by atoms with Gasteiger partial charge < -0.3 is 14.6 Å². The summed E-state index contributed by atoms with van der Waals surface area (Å²) in [4.78, 5) is 4.06. The predicted octanol–water partition coefficient (Wildman–Crippen LogP) is 1.20. The van der Waals surface area contributed by atoms with E-state index in [4.69, 9.17) is 4.74 Å². The molecule has 3 heterocycles. The summed E-state index contributed by atoms with van der Waals surface area (Å²) in [6, 6.07) is 10.2. The summed E-state index contributed by atoms with van der Waals surface area (Å²) in [5, 5.41) is 3.73. The Hall–Kier alpha value is -1.74. The van der Waals surface area contributed by atoms with Crippen LogP contribution in [0.5, 0.6) is 0 Å². The van der Waals surface area contributed by atoms with Crippen LogP contribution in [-0.2, 0) is 21.8 Å². The summed E-state index contributed by atoms with van der Waals surface area (Å²) < 4.78 is 34.8. The first-order valence-corrected chi connectivity index (χ1v) is 10.8. The number of nitrogens with zero attached hydrogens (tertiary/aromatic N) is 3. The lowest BCUT2D eigenvalue weighted by Gasteiger charge is -2.21. The standard InChI is InChI=1S/C19H26N4O3S/c1-22-12-19(21-14-22)27(24,25)23-10-17(16-5-3-2-4-6-16)18(11-23)20-9-15-7-8-26-13-15/h2-6,12,14-15,17-18,20H,7-11,13H2,1H3/t15?,17-,18+/m1/s1. The van der Waals surface area contributed by atoms with Gasteiger partial charge in [-0.2, -0.15) is 4.31 Å². The second-order valence-corrected chi connectivity index (χ2v) is 9.35. The summed E-state index contributed by atoms with van der Waals surface area (Å²) in [5.74, 6) is 0.620. The highest BCUT2D eigenvalue weighted by Crippen LogP contribution is 2.31. The van der Waals surface area contributed by atoms with Gasteiger partial charge in [-0.1, -0.05) is 30.3 Å². The minimum Gasteiger partial charge on any atom is -0.381 e. The third kappa shape index (κ3) is 3.94. The van der Waals surface area contributed by atoms with Crippen molar-refractivity contribution in [3.05, 3.63) is 48.4 Å². The molecule has 2 saturated heterocycles. The summed E-state index contributed by atoms with van der Waals surface area (Å²) >= 11 is 0. The quantitative estimate of drug-likeness (QED) is 0.802. The van der Waals surface area contributed by atoms with Crippen molar-refractivity contribution in [3.8, 4) is 0 Å². The lowest BCUT2D eigenvalue weighted by Crippen LogP contribution is -2.39. The molecule has 0 bridgehead atoms. The van der Waals surface area contributed by atoms with Gasteiger partial charge in [0.25, 0.3) is 10.0 Å². The van der Waals surface area contributed by atoms with Crippen molar-refractivity contribution in [2.75, 3.05) is 32.8 Å². The Morgan fingerprint density at radius 3 is 2.74 bits per heavy atom. The highest BCUT2D eigenvalue weighted by atomic mass is 32.2. The predicted molar refractivity (Wildman–Crippen MR) is 102 cm³/mol. The Morgan fingerprint density at radius 2 is 2.07 bits per heavy atom. The van der Waals surface area contributed by atoms with Gasteiger partial charge in [-0.05, 0) is 17.9 Å². The number of hydrogen-bond donors (Lipinski definition) is 1. The summed E-state index contributed by atoms with van der Waals surface area (Å²) in [6.07, 6.45) is 4.14. The van der Waals surface area contributed by atoms with Crippen LogP contribution in [0.4, 0.5) is 0 Å². The Bertz CT molecular complexity index is 862. The molecule has 3 atom stereocenters. The van der Waals surface area contributed by atoms with Gasteiger partial charge in [0.15, 0.2) is 5.03 Å². The van der Waals surface area contributed by atoms with E-state index in [0.717, 1.165) is 31.7 Å². The molecule has 1 aromatic carbocycles. The Morgan fingerprint density at radius 1 is 1.26 bits per heavy atom. The van der Waals surface area contributed by atoms with Crippen LogP contribution in [0.15, 0.2) is 47.9 Å². The average molecular weight is 391 g/mol. The molecular weight excluding hydrogens is 364 g/mol. The van der Waals surface area contributed by atoms with Crippen LogP contribution < -0.4 is 5.32 Å². The monoisotopic (exact) mass is 390 g/mol. The van der Waals surface area contributed by atoms with Gasteiger partial charge in [0.1, 0.15) is 0 Å². The maximum absolute atomic E-state index is 13.0. The van der Waals surface area contributed by atoms with Gasteiger partial charge in [-0.3, -0.25) is 0 Å². The van der Waals surface area contributed by atoms with Crippen molar-refractivity contribution in [2.24, 2.45) is 13.0 Å². The van der Waals surface area contributed by atoms with Gasteiger partial charge in [-0.15, -0.1) is 0 Å². The first-order chi connectivity index (χ1) is 13.0. The highest BCUT2D eigenvalue weighted by Gasteiger charge is 2.40. The lowest BCUT2D eigenvalue weighted by atomic mass is 9.94. The van der Waals surface area contributed by atoms with Crippen LogP contribution in [0.25, 0.3) is 0 Å². The molecule has 146 valence electrons. The number of imidazole rings is 1. The first-order valence-electron chi connectivity index (χ1n) is 9.38. The van der Waals surface area contributed by atoms with Crippen LogP contribution in [0, 0.1) is 5.92 Å². The molecule has 0 spiro atoms. The second-order valence-electron chi connectivity index (χ2n) is 7.46. The van der Waals surface area contributed by atoms with Crippen molar-refractivity contribution in [3.63, 3.8) is 0 Å². The molecule has 8 heteroatoms. The number of rotatable bonds is 6. The molecular formula is C19H26N4O3S. The smallest absolute Gasteiger partial charge is 0.262 e. The number of aromatic nitrogens is 2. The number of sulfonamides is 1. The molecule has 0 amide bonds. The minimum absolute atomic E-state index is 0.0755. The summed E-state index contributed by atoms with van der Waals surface area (Å²) in [7, 11) is -1.82. The molecule has 4 rings (SSSR count). The number of aryl methyl sites for hydroxylation is 1. The van der Waals surface area contributed by atoms with Crippen LogP contribution in [0.1, 0.15) is 17.9 Å². The maximum Gasteiger partial charge on any atom is 0.262 e. The number of ether oxygens (including phenoxy) is 1. The Balaban J connectivity index is 1.54. The molecule has 0 saturated carbocycles. The normalized spacial score (nSPS) is 26.6. The van der Waals surface area contributed by atoms with Crippen molar-refractivity contribution >= 4 is 10.0 Å². The minimum atomic E-state index is -3.59. The second kappa shape index (κ2) is 7.71. The topological polar surface area (TPSA) is 76.5 Å². The third-order valence-corrected chi connectivity index (χ3v) is 7.21. The molecule has 1 N–H and O–H groups in total. The molecule has 27 heavy (non-hydrogen) atoms. The van der Waals surface area contributed by atoms with E-state index >= 15 is 0 Å².